The van der Waals surface area contributed by atoms with Crippen molar-refractivity contribution in [2.24, 2.45) is 10.1 Å². The topological polar surface area (TPSA) is 61.7 Å². The van der Waals surface area contributed by atoms with Gasteiger partial charge in [-0.15, -0.1) is 0 Å². The zero-order valence-electron chi connectivity index (χ0n) is 19.6. The lowest BCUT2D eigenvalue weighted by Crippen LogP contribution is -2.39. The van der Waals surface area contributed by atoms with Gasteiger partial charge in [-0.25, -0.2) is 0 Å². The molecule has 0 spiro atoms. The minimum Gasteiger partial charge on any atom is -0.489 e. The molecule has 9 heteroatoms. The highest BCUT2D eigenvalue weighted by Crippen LogP contribution is 2.25. The fraction of sp³-hybridized carbons (Fsp3) is 0.440. The van der Waals surface area contributed by atoms with Crippen LogP contribution < -0.4 is 5.32 Å². The normalized spacial score (nSPS) is 18.5. The van der Waals surface area contributed by atoms with E-state index in [1.54, 1.807) is 31.5 Å². The van der Waals surface area contributed by atoms with E-state index in [1.807, 2.05) is 23.4 Å². The molecule has 1 unspecified atom stereocenters. The zero-order chi connectivity index (χ0) is 24.2. The van der Waals surface area contributed by atoms with Gasteiger partial charge in [0, 0.05) is 67.9 Å². The van der Waals surface area contributed by atoms with Gasteiger partial charge in [0.1, 0.15) is 12.8 Å². The monoisotopic (exact) mass is 505 g/mol. The van der Waals surface area contributed by atoms with Crippen LogP contribution in [0.3, 0.4) is 0 Å². The fourth-order valence-corrected chi connectivity index (χ4v) is 4.13. The molecule has 0 aliphatic carbocycles. The Labute approximate surface area is 212 Å². The third-order valence-electron chi connectivity index (χ3n) is 5.51. The zero-order valence-corrected chi connectivity index (χ0v) is 21.1. The second-order valence-corrected chi connectivity index (χ2v) is 8.75. The highest BCUT2D eigenvalue weighted by molar-refractivity contribution is 6.36. The van der Waals surface area contributed by atoms with Gasteiger partial charge < -0.3 is 14.8 Å². The number of aliphatic imine (C=N–C) groups is 1. The van der Waals surface area contributed by atoms with Crippen molar-refractivity contribution in [1.82, 2.24) is 15.2 Å². The van der Waals surface area contributed by atoms with Crippen molar-refractivity contribution in [1.29, 1.82) is 0 Å². The summed E-state index contributed by atoms with van der Waals surface area (Å²) in [7, 11) is 1.73. The number of hydrogen-bond donors (Lipinski definition) is 1. The van der Waals surface area contributed by atoms with Gasteiger partial charge in [0.2, 0.25) is 0 Å². The van der Waals surface area contributed by atoms with Crippen LogP contribution in [0.2, 0.25) is 10.0 Å². The Morgan fingerprint density at radius 2 is 2.15 bits per heavy atom. The molecule has 184 valence electrons. The van der Waals surface area contributed by atoms with Gasteiger partial charge in [0.05, 0.1) is 25.1 Å². The van der Waals surface area contributed by atoms with E-state index in [0.717, 1.165) is 63.5 Å². The van der Waals surface area contributed by atoms with E-state index in [0.29, 0.717) is 22.4 Å². The van der Waals surface area contributed by atoms with Crippen molar-refractivity contribution >= 4 is 35.1 Å². The molecule has 0 aromatic heterocycles. The smallest absolute Gasteiger partial charge is 0.152 e. The maximum Gasteiger partial charge on any atom is 0.152 e. The number of nitrogens with one attached hydrogen (secondary N) is 1. The first-order chi connectivity index (χ1) is 16.6. The number of allylic oxidation sites excluding steroid dienone is 3. The lowest BCUT2D eigenvalue weighted by Gasteiger charge is -2.27. The molecule has 3 rings (SSSR count). The Kier molecular flexibility index (Phi) is 11.0. The molecule has 0 amide bonds. The number of ether oxygens (including phenoxy) is 2. The van der Waals surface area contributed by atoms with Gasteiger partial charge >= 0.3 is 0 Å². The lowest BCUT2D eigenvalue weighted by molar-refractivity contribution is 0.0284. The molecule has 1 fully saturated rings. The molecule has 2 aliphatic rings. The number of halogens is 2. The van der Waals surface area contributed by atoms with Gasteiger partial charge in [0.25, 0.3) is 0 Å². The minimum absolute atomic E-state index is 0.0743. The van der Waals surface area contributed by atoms with Gasteiger partial charge in [0.15, 0.2) is 5.76 Å². The molecule has 0 radical (unpaired) electrons. The highest BCUT2D eigenvalue weighted by atomic mass is 35.5. The maximum absolute atomic E-state index is 6.40. The summed E-state index contributed by atoms with van der Waals surface area (Å²) < 4.78 is 11.4. The van der Waals surface area contributed by atoms with Crippen molar-refractivity contribution in [2.45, 2.75) is 19.0 Å². The van der Waals surface area contributed by atoms with E-state index in [9.17, 15) is 0 Å². The first-order valence-corrected chi connectivity index (χ1v) is 12.2. The molecule has 2 aliphatic heterocycles. The number of hydrogen-bond acceptors (Lipinski definition) is 7. The third-order valence-corrected chi connectivity index (χ3v) is 6.08. The summed E-state index contributed by atoms with van der Waals surface area (Å²) in [4.78, 5) is 6.47. The summed E-state index contributed by atoms with van der Waals surface area (Å²) in [5, 5.41) is 11.6. The molecule has 1 saturated heterocycles. The average Bonchev–Trinajstić information content (AvgIpc) is 3.33. The van der Waals surface area contributed by atoms with Crippen LogP contribution in [0.25, 0.3) is 0 Å². The fourth-order valence-electron chi connectivity index (χ4n) is 3.73. The van der Waals surface area contributed by atoms with E-state index in [1.165, 1.54) is 0 Å². The third kappa shape index (κ3) is 8.17. The van der Waals surface area contributed by atoms with E-state index in [-0.39, 0.29) is 6.17 Å². The van der Waals surface area contributed by atoms with E-state index in [2.05, 4.69) is 27.9 Å². The van der Waals surface area contributed by atoms with E-state index in [4.69, 9.17) is 37.8 Å². The van der Waals surface area contributed by atoms with Crippen LogP contribution in [0.15, 0.2) is 65.1 Å². The van der Waals surface area contributed by atoms with Gasteiger partial charge in [-0.2, -0.15) is 5.10 Å². The predicted molar refractivity (Wildman–Crippen MR) is 141 cm³/mol. The molecule has 1 aromatic rings. The Hall–Kier alpha value is -2.32. The Balaban J connectivity index is 1.67. The lowest BCUT2D eigenvalue weighted by atomic mass is 10.1. The minimum atomic E-state index is -0.0743. The summed E-state index contributed by atoms with van der Waals surface area (Å²) in [6.45, 7) is 9.39. The van der Waals surface area contributed by atoms with Gasteiger partial charge in [-0.3, -0.25) is 14.9 Å². The number of benzene rings is 1. The van der Waals surface area contributed by atoms with Crippen LogP contribution in [0.5, 0.6) is 0 Å². The van der Waals surface area contributed by atoms with Crippen molar-refractivity contribution < 1.29 is 9.47 Å². The molecule has 0 saturated carbocycles. The standard InChI is InChI=1S/C25H33Cl2N5O2/c1-3-4-5-6-25(32-10-9-24(30-32)22-17-20(26)7-8-23(22)27)29-19-21(18-28-2)34-16-13-31-11-14-33-15-12-31/h3-5,7-8,17-19,25,29H,1,6,9-16H2,2H3/b5-4-,21-19?,28-18?. The number of morpholine rings is 1. The molecule has 1 atom stereocenters. The number of rotatable bonds is 12. The van der Waals surface area contributed by atoms with Crippen LogP contribution in [0, 0.1) is 0 Å². The molecule has 0 bridgehead atoms. The molecule has 2 heterocycles. The van der Waals surface area contributed by atoms with Gasteiger partial charge in [-0.1, -0.05) is 48.0 Å². The van der Waals surface area contributed by atoms with Crippen molar-refractivity contribution in [3.63, 3.8) is 0 Å². The SMILES string of the molecule is C=C/C=C\CC(NC=C(C=NC)OCCN1CCOCC1)N1CCC(c2cc(Cl)ccc2Cl)=N1. The second-order valence-electron chi connectivity index (χ2n) is 7.90. The second kappa shape index (κ2) is 14.2. The van der Waals surface area contributed by atoms with Crippen LogP contribution >= 0.6 is 23.2 Å². The summed E-state index contributed by atoms with van der Waals surface area (Å²) >= 11 is 12.6. The van der Waals surface area contributed by atoms with Crippen LogP contribution in [-0.2, 0) is 9.47 Å². The summed E-state index contributed by atoms with van der Waals surface area (Å²) in [6, 6.07) is 5.45. The molecule has 7 nitrogen and oxygen atoms in total. The molecular formula is C25H33Cl2N5O2. The average molecular weight is 506 g/mol. The van der Waals surface area contributed by atoms with Crippen LogP contribution in [0.4, 0.5) is 0 Å². The maximum atomic E-state index is 6.40. The quantitative estimate of drug-likeness (QED) is 0.260. The highest BCUT2D eigenvalue weighted by Gasteiger charge is 2.23. The van der Waals surface area contributed by atoms with Gasteiger partial charge in [-0.05, 0) is 18.2 Å². The first kappa shape index (κ1) is 26.3. The Morgan fingerprint density at radius 3 is 2.91 bits per heavy atom. The van der Waals surface area contributed by atoms with Crippen molar-refractivity contribution in [2.75, 3.05) is 53.0 Å². The van der Waals surface area contributed by atoms with Crippen LogP contribution in [0.1, 0.15) is 18.4 Å². The van der Waals surface area contributed by atoms with Crippen LogP contribution in [-0.4, -0.2) is 81.0 Å². The summed E-state index contributed by atoms with van der Waals surface area (Å²) in [5.41, 5.74) is 1.80. The first-order valence-electron chi connectivity index (χ1n) is 11.5. The Bertz CT molecular complexity index is 926. The largest absolute Gasteiger partial charge is 0.489 e. The molecule has 34 heavy (non-hydrogen) atoms. The van der Waals surface area contributed by atoms with Crippen molar-refractivity contribution in [3.8, 4) is 0 Å². The predicted octanol–water partition coefficient (Wildman–Crippen LogP) is 4.34. The van der Waals surface area contributed by atoms with E-state index >= 15 is 0 Å². The molecule has 1 aromatic carbocycles. The molecular weight excluding hydrogens is 473 g/mol. The summed E-state index contributed by atoms with van der Waals surface area (Å²) in [5.74, 6) is 0.676. The van der Waals surface area contributed by atoms with E-state index < -0.39 is 0 Å². The Morgan fingerprint density at radius 1 is 1.32 bits per heavy atom. The number of hydrazone groups is 1. The summed E-state index contributed by atoms with van der Waals surface area (Å²) in [6.07, 6.45) is 10.8. The van der Waals surface area contributed by atoms with Crippen molar-refractivity contribution in [3.05, 3.63) is 70.6 Å². The molecule has 1 N–H and O–H groups in total. The number of nitrogens with zero attached hydrogens (tertiary/aromatic N) is 4.